The van der Waals surface area contributed by atoms with Crippen molar-refractivity contribution in [3.63, 3.8) is 0 Å². The molecule has 5 heteroatoms. The number of hydrogen-bond donors (Lipinski definition) is 2. The molecule has 0 aliphatic rings. The van der Waals surface area contributed by atoms with Crippen LogP contribution < -0.4 is 10.5 Å². The van der Waals surface area contributed by atoms with E-state index in [0.717, 1.165) is 12.0 Å². The molecule has 19 heavy (non-hydrogen) atoms. The van der Waals surface area contributed by atoms with Crippen LogP contribution in [-0.4, -0.2) is 27.3 Å². The zero-order chi connectivity index (χ0) is 14.3. The van der Waals surface area contributed by atoms with Crippen molar-refractivity contribution in [2.45, 2.75) is 26.2 Å². The molecule has 0 aromatic heterocycles. The third-order valence-electron chi connectivity index (χ3n) is 3.15. The summed E-state index contributed by atoms with van der Waals surface area (Å²) < 4.78 is 26.6. The minimum atomic E-state index is -3.23. The van der Waals surface area contributed by atoms with E-state index in [2.05, 4.69) is 4.72 Å². The van der Waals surface area contributed by atoms with Gasteiger partial charge in [0, 0.05) is 6.54 Å². The third-order valence-corrected chi connectivity index (χ3v) is 4.69. The summed E-state index contributed by atoms with van der Waals surface area (Å²) in [7, 11) is -3.23. The van der Waals surface area contributed by atoms with Crippen molar-refractivity contribution >= 4 is 10.0 Å². The first-order valence-electron chi connectivity index (χ1n) is 6.67. The highest BCUT2D eigenvalue weighted by Crippen LogP contribution is 2.16. The Morgan fingerprint density at radius 2 is 1.84 bits per heavy atom. The lowest BCUT2D eigenvalue weighted by atomic mass is 10.0. The fraction of sp³-hybridized carbons (Fsp3) is 0.571. The molecular formula is C14H24N2O2S. The van der Waals surface area contributed by atoms with Crippen molar-refractivity contribution in [2.24, 2.45) is 11.7 Å². The zero-order valence-corrected chi connectivity index (χ0v) is 12.5. The predicted octanol–water partition coefficient (Wildman–Crippen LogP) is 1.69. The quantitative estimate of drug-likeness (QED) is 0.763. The zero-order valence-electron chi connectivity index (χ0n) is 11.7. The molecule has 1 aromatic rings. The van der Waals surface area contributed by atoms with Crippen molar-refractivity contribution in [1.82, 2.24) is 4.72 Å². The Morgan fingerprint density at radius 3 is 2.42 bits per heavy atom. The lowest BCUT2D eigenvalue weighted by Gasteiger charge is -2.15. The van der Waals surface area contributed by atoms with E-state index in [1.165, 1.54) is 0 Å². The number of nitrogens with two attached hydrogens (primary N) is 1. The largest absolute Gasteiger partial charge is 0.330 e. The van der Waals surface area contributed by atoms with Gasteiger partial charge < -0.3 is 5.73 Å². The van der Waals surface area contributed by atoms with E-state index in [-0.39, 0.29) is 17.6 Å². The van der Waals surface area contributed by atoms with Gasteiger partial charge in [-0.2, -0.15) is 0 Å². The van der Waals surface area contributed by atoms with Crippen LogP contribution in [0.25, 0.3) is 0 Å². The van der Waals surface area contributed by atoms with Crippen LogP contribution in [-0.2, 0) is 10.0 Å². The van der Waals surface area contributed by atoms with Crippen molar-refractivity contribution < 1.29 is 8.42 Å². The van der Waals surface area contributed by atoms with E-state index in [1.54, 1.807) is 0 Å². The lowest BCUT2D eigenvalue weighted by molar-refractivity contribution is 0.514. The van der Waals surface area contributed by atoms with Crippen LogP contribution in [0.5, 0.6) is 0 Å². The Kier molecular flexibility index (Phi) is 6.48. The maximum Gasteiger partial charge on any atom is 0.212 e. The van der Waals surface area contributed by atoms with Gasteiger partial charge in [-0.25, -0.2) is 13.1 Å². The fourth-order valence-corrected chi connectivity index (χ4v) is 3.43. The topological polar surface area (TPSA) is 72.2 Å². The molecule has 4 nitrogen and oxygen atoms in total. The molecule has 0 aliphatic heterocycles. The molecule has 108 valence electrons. The summed E-state index contributed by atoms with van der Waals surface area (Å²) in [6.07, 6.45) is 0.830. The van der Waals surface area contributed by atoms with E-state index in [4.69, 9.17) is 5.73 Å². The van der Waals surface area contributed by atoms with E-state index >= 15 is 0 Å². The molecule has 0 amide bonds. The Hall–Kier alpha value is -0.910. The highest BCUT2D eigenvalue weighted by atomic mass is 32.2. The van der Waals surface area contributed by atoms with Gasteiger partial charge in [-0.1, -0.05) is 44.2 Å². The Balaban J connectivity index is 2.50. The second kappa shape index (κ2) is 7.62. The molecule has 1 aromatic carbocycles. The molecule has 0 spiro atoms. The average molecular weight is 284 g/mol. The third kappa shape index (κ3) is 6.18. The van der Waals surface area contributed by atoms with Crippen LogP contribution in [0.2, 0.25) is 0 Å². The number of hydrogen-bond acceptors (Lipinski definition) is 3. The molecule has 2 unspecified atom stereocenters. The molecule has 0 radical (unpaired) electrons. The van der Waals surface area contributed by atoms with Crippen molar-refractivity contribution in [3.05, 3.63) is 35.9 Å². The van der Waals surface area contributed by atoms with Gasteiger partial charge in [0.05, 0.1) is 5.75 Å². The number of rotatable bonds is 8. The van der Waals surface area contributed by atoms with Crippen LogP contribution in [0.15, 0.2) is 30.3 Å². The monoisotopic (exact) mass is 284 g/mol. The summed E-state index contributed by atoms with van der Waals surface area (Å²) in [4.78, 5) is 0. The second-order valence-corrected chi connectivity index (χ2v) is 6.98. The molecule has 0 bridgehead atoms. The summed E-state index contributed by atoms with van der Waals surface area (Å²) in [6.45, 7) is 4.97. The number of sulfonamides is 1. The van der Waals surface area contributed by atoms with Gasteiger partial charge in [0.2, 0.25) is 10.0 Å². The van der Waals surface area contributed by atoms with Gasteiger partial charge in [-0.3, -0.25) is 0 Å². The fourth-order valence-electron chi connectivity index (χ4n) is 1.92. The van der Waals surface area contributed by atoms with E-state index < -0.39 is 10.0 Å². The first-order chi connectivity index (χ1) is 8.94. The maximum atomic E-state index is 12.0. The highest BCUT2D eigenvalue weighted by Gasteiger charge is 2.17. The van der Waals surface area contributed by atoms with Crippen LogP contribution >= 0.6 is 0 Å². The second-order valence-electron chi connectivity index (χ2n) is 5.12. The first-order valence-corrected chi connectivity index (χ1v) is 8.32. The average Bonchev–Trinajstić information content (AvgIpc) is 2.37. The lowest BCUT2D eigenvalue weighted by Crippen LogP contribution is -2.32. The smallest absolute Gasteiger partial charge is 0.212 e. The number of benzene rings is 1. The van der Waals surface area contributed by atoms with Crippen molar-refractivity contribution in [3.8, 4) is 0 Å². The normalized spacial score (nSPS) is 15.1. The van der Waals surface area contributed by atoms with E-state index in [0.29, 0.717) is 13.1 Å². The summed E-state index contributed by atoms with van der Waals surface area (Å²) in [6, 6.07) is 9.69. The van der Waals surface area contributed by atoms with Crippen molar-refractivity contribution in [1.29, 1.82) is 0 Å². The Bertz CT molecular complexity index is 460. The molecule has 0 aliphatic carbocycles. The molecule has 0 heterocycles. The van der Waals surface area contributed by atoms with Crippen LogP contribution in [0.4, 0.5) is 0 Å². The minimum absolute atomic E-state index is 0.0106. The highest BCUT2D eigenvalue weighted by molar-refractivity contribution is 7.89. The summed E-state index contributed by atoms with van der Waals surface area (Å²) >= 11 is 0. The number of nitrogens with one attached hydrogen (secondary N) is 1. The molecule has 0 saturated heterocycles. The van der Waals surface area contributed by atoms with Gasteiger partial charge in [0.1, 0.15) is 0 Å². The molecule has 0 saturated carbocycles. The van der Waals surface area contributed by atoms with Gasteiger partial charge in [0.25, 0.3) is 0 Å². The van der Waals surface area contributed by atoms with Crippen LogP contribution in [0, 0.1) is 5.92 Å². The molecular weight excluding hydrogens is 260 g/mol. The Labute approximate surface area is 116 Å². The molecule has 1 rings (SSSR count). The Morgan fingerprint density at radius 1 is 1.21 bits per heavy atom. The van der Waals surface area contributed by atoms with Gasteiger partial charge in [-0.15, -0.1) is 0 Å². The SMILES string of the molecule is CC(CCN)CNS(=O)(=O)CC(C)c1ccccc1. The molecule has 0 fully saturated rings. The van der Waals surface area contributed by atoms with Crippen molar-refractivity contribution in [2.75, 3.05) is 18.8 Å². The van der Waals surface area contributed by atoms with Gasteiger partial charge >= 0.3 is 0 Å². The van der Waals surface area contributed by atoms with Crippen LogP contribution in [0.1, 0.15) is 31.7 Å². The van der Waals surface area contributed by atoms with Gasteiger partial charge in [0.15, 0.2) is 0 Å². The van der Waals surface area contributed by atoms with Crippen LogP contribution in [0.3, 0.4) is 0 Å². The maximum absolute atomic E-state index is 12.0. The molecule has 3 N–H and O–H groups in total. The summed E-state index contributed by atoms with van der Waals surface area (Å²) in [5.41, 5.74) is 6.49. The van der Waals surface area contributed by atoms with E-state index in [1.807, 2.05) is 44.2 Å². The molecule has 2 atom stereocenters. The standard InChI is InChI=1S/C14H24N2O2S/c1-12(8-9-15)10-16-19(17,18)11-13(2)14-6-4-3-5-7-14/h3-7,12-13,16H,8-11,15H2,1-2H3. The minimum Gasteiger partial charge on any atom is -0.330 e. The van der Waals surface area contributed by atoms with E-state index in [9.17, 15) is 8.42 Å². The first kappa shape index (κ1) is 16.1. The predicted molar refractivity (Wildman–Crippen MR) is 79.5 cm³/mol. The summed E-state index contributed by atoms with van der Waals surface area (Å²) in [5, 5.41) is 0. The van der Waals surface area contributed by atoms with Gasteiger partial charge in [-0.05, 0) is 30.4 Å². The summed E-state index contributed by atoms with van der Waals surface area (Å²) in [5.74, 6) is 0.377.